The second-order valence-corrected chi connectivity index (χ2v) is 5.11. The van der Waals surface area contributed by atoms with Crippen LogP contribution in [0.4, 0.5) is 0 Å². The number of hydrogen-bond donors (Lipinski definition) is 2. The molecule has 1 amide bonds. The lowest BCUT2D eigenvalue weighted by Gasteiger charge is -2.06. The molecule has 0 aromatic carbocycles. The van der Waals surface area contributed by atoms with Crippen LogP contribution in [-0.2, 0) is 27.4 Å². The van der Waals surface area contributed by atoms with E-state index in [9.17, 15) is 9.59 Å². The molecule has 3 N–H and O–H groups in total. The third kappa shape index (κ3) is 5.72. The third-order valence-corrected chi connectivity index (χ3v) is 3.70. The molecule has 1 heterocycles. The molecular formula is C12H21N5O3S. The molecule has 0 bridgehead atoms. The van der Waals surface area contributed by atoms with E-state index in [1.54, 1.807) is 0 Å². The van der Waals surface area contributed by atoms with Gasteiger partial charge in [0.05, 0.1) is 19.4 Å². The molecule has 0 radical (unpaired) electrons. The van der Waals surface area contributed by atoms with E-state index < -0.39 is 0 Å². The van der Waals surface area contributed by atoms with Gasteiger partial charge >= 0.3 is 5.97 Å². The molecule has 1 rings (SSSR count). The number of thioether (sulfide) groups is 1. The van der Waals surface area contributed by atoms with Crippen molar-refractivity contribution in [2.45, 2.75) is 38.0 Å². The maximum atomic E-state index is 11.7. The van der Waals surface area contributed by atoms with E-state index in [0.29, 0.717) is 43.5 Å². The van der Waals surface area contributed by atoms with Gasteiger partial charge in [-0.3, -0.25) is 9.59 Å². The number of carbonyl (C=O) groups is 2. The summed E-state index contributed by atoms with van der Waals surface area (Å²) in [5.41, 5.74) is 5.56. The Morgan fingerprint density at radius 1 is 1.43 bits per heavy atom. The van der Waals surface area contributed by atoms with Crippen LogP contribution in [0.1, 0.15) is 25.6 Å². The molecule has 0 aliphatic heterocycles. The van der Waals surface area contributed by atoms with Crippen LogP contribution in [0.25, 0.3) is 0 Å². The zero-order chi connectivity index (χ0) is 15.7. The predicted molar refractivity (Wildman–Crippen MR) is 78.6 cm³/mol. The highest BCUT2D eigenvalue weighted by Gasteiger charge is 2.11. The van der Waals surface area contributed by atoms with E-state index in [1.807, 2.05) is 11.5 Å². The number of rotatable bonds is 9. The Hall–Kier alpha value is -1.61. The standard InChI is InChI=1S/C12H21N5O3S/c1-3-17-9(7-13)15-16-12(17)21-8-10(18)14-6-4-5-11(19)20-2/h3-8,13H2,1-2H3,(H,14,18). The Morgan fingerprint density at radius 2 is 2.19 bits per heavy atom. The Labute approximate surface area is 127 Å². The van der Waals surface area contributed by atoms with Crippen molar-refractivity contribution in [3.8, 4) is 0 Å². The van der Waals surface area contributed by atoms with Crippen LogP contribution in [0, 0.1) is 0 Å². The van der Waals surface area contributed by atoms with Crippen molar-refractivity contribution < 1.29 is 14.3 Å². The van der Waals surface area contributed by atoms with Gasteiger partial charge in [-0.25, -0.2) is 0 Å². The molecule has 0 atom stereocenters. The van der Waals surface area contributed by atoms with Gasteiger partial charge in [0.2, 0.25) is 5.91 Å². The summed E-state index contributed by atoms with van der Waals surface area (Å²) in [4.78, 5) is 22.6. The second kappa shape index (κ2) is 9.35. The second-order valence-electron chi connectivity index (χ2n) is 4.17. The fourth-order valence-electron chi connectivity index (χ4n) is 1.64. The number of carbonyl (C=O) groups excluding carboxylic acids is 2. The number of esters is 1. The lowest BCUT2D eigenvalue weighted by molar-refractivity contribution is -0.140. The number of nitrogens with zero attached hydrogens (tertiary/aromatic N) is 3. The van der Waals surface area contributed by atoms with Gasteiger partial charge in [0.15, 0.2) is 5.16 Å². The summed E-state index contributed by atoms with van der Waals surface area (Å²) in [7, 11) is 1.34. The van der Waals surface area contributed by atoms with Crippen molar-refractivity contribution in [2.75, 3.05) is 19.4 Å². The van der Waals surface area contributed by atoms with Gasteiger partial charge in [0, 0.05) is 19.5 Å². The van der Waals surface area contributed by atoms with Gasteiger partial charge in [0.1, 0.15) is 5.82 Å². The van der Waals surface area contributed by atoms with E-state index in [0.717, 1.165) is 0 Å². The minimum absolute atomic E-state index is 0.107. The highest BCUT2D eigenvalue weighted by molar-refractivity contribution is 7.99. The molecule has 0 saturated heterocycles. The first kappa shape index (κ1) is 17.4. The summed E-state index contributed by atoms with van der Waals surface area (Å²) in [6, 6.07) is 0. The Bertz CT molecular complexity index is 477. The first-order chi connectivity index (χ1) is 10.1. The van der Waals surface area contributed by atoms with Crippen LogP contribution in [-0.4, -0.2) is 46.0 Å². The molecule has 0 fully saturated rings. The summed E-state index contributed by atoms with van der Waals surface area (Å²) in [5.74, 6) is 0.577. The normalized spacial score (nSPS) is 10.4. The smallest absolute Gasteiger partial charge is 0.305 e. The van der Waals surface area contributed by atoms with Gasteiger partial charge < -0.3 is 20.4 Å². The lowest BCUT2D eigenvalue weighted by atomic mass is 10.3. The van der Waals surface area contributed by atoms with Crippen molar-refractivity contribution in [2.24, 2.45) is 5.73 Å². The van der Waals surface area contributed by atoms with Crippen molar-refractivity contribution in [3.05, 3.63) is 5.82 Å². The lowest BCUT2D eigenvalue weighted by Crippen LogP contribution is -2.26. The minimum Gasteiger partial charge on any atom is -0.469 e. The van der Waals surface area contributed by atoms with Gasteiger partial charge in [0.25, 0.3) is 0 Å². The number of methoxy groups -OCH3 is 1. The first-order valence-electron chi connectivity index (χ1n) is 6.70. The van der Waals surface area contributed by atoms with Crippen molar-refractivity contribution in [1.82, 2.24) is 20.1 Å². The van der Waals surface area contributed by atoms with E-state index in [1.165, 1.54) is 18.9 Å². The van der Waals surface area contributed by atoms with Gasteiger partial charge in [-0.15, -0.1) is 10.2 Å². The number of aromatic nitrogens is 3. The number of ether oxygens (including phenoxy) is 1. The zero-order valence-electron chi connectivity index (χ0n) is 12.3. The van der Waals surface area contributed by atoms with E-state index in [2.05, 4.69) is 20.3 Å². The number of nitrogens with two attached hydrogens (primary N) is 1. The van der Waals surface area contributed by atoms with Crippen LogP contribution in [0.3, 0.4) is 0 Å². The van der Waals surface area contributed by atoms with Crippen LogP contribution >= 0.6 is 11.8 Å². The average Bonchev–Trinajstić information content (AvgIpc) is 2.91. The SMILES string of the molecule is CCn1c(CN)nnc1SCC(=O)NCCCC(=O)OC. The topological polar surface area (TPSA) is 112 Å². The van der Waals surface area contributed by atoms with E-state index in [4.69, 9.17) is 5.73 Å². The zero-order valence-corrected chi connectivity index (χ0v) is 13.1. The molecule has 1 aromatic rings. The molecule has 0 aliphatic rings. The maximum Gasteiger partial charge on any atom is 0.305 e. The van der Waals surface area contributed by atoms with E-state index in [-0.39, 0.29) is 17.6 Å². The van der Waals surface area contributed by atoms with Crippen LogP contribution < -0.4 is 11.1 Å². The molecule has 0 spiro atoms. The van der Waals surface area contributed by atoms with Gasteiger partial charge in [-0.1, -0.05) is 11.8 Å². The van der Waals surface area contributed by atoms with E-state index >= 15 is 0 Å². The summed E-state index contributed by atoms with van der Waals surface area (Å²) in [6.07, 6.45) is 0.861. The molecule has 118 valence electrons. The largest absolute Gasteiger partial charge is 0.469 e. The molecule has 0 unspecified atom stereocenters. The molecule has 0 aliphatic carbocycles. The number of nitrogens with one attached hydrogen (secondary N) is 1. The highest BCUT2D eigenvalue weighted by Crippen LogP contribution is 2.16. The Kier molecular flexibility index (Phi) is 7.76. The Morgan fingerprint density at radius 3 is 2.81 bits per heavy atom. The van der Waals surface area contributed by atoms with Crippen LogP contribution in [0.5, 0.6) is 0 Å². The number of amides is 1. The molecule has 0 saturated carbocycles. The fourth-order valence-corrected chi connectivity index (χ4v) is 2.49. The van der Waals surface area contributed by atoms with Crippen LogP contribution in [0.15, 0.2) is 5.16 Å². The monoisotopic (exact) mass is 315 g/mol. The third-order valence-electron chi connectivity index (χ3n) is 2.73. The van der Waals surface area contributed by atoms with Crippen molar-refractivity contribution in [1.29, 1.82) is 0 Å². The summed E-state index contributed by atoms with van der Waals surface area (Å²) >= 11 is 1.31. The van der Waals surface area contributed by atoms with Gasteiger partial charge in [-0.2, -0.15) is 0 Å². The van der Waals surface area contributed by atoms with Crippen molar-refractivity contribution >= 4 is 23.6 Å². The summed E-state index contributed by atoms with van der Waals surface area (Å²) in [6.45, 7) is 3.45. The average molecular weight is 315 g/mol. The highest BCUT2D eigenvalue weighted by atomic mass is 32.2. The molecule has 9 heteroatoms. The predicted octanol–water partition coefficient (Wildman–Crippen LogP) is -0.0818. The fraction of sp³-hybridized carbons (Fsp3) is 0.667. The molecule has 8 nitrogen and oxygen atoms in total. The number of hydrogen-bond acceptors (Lipinski definition) is 7. The maximum absolute atomic E-state index is 11.7. The van der Waals surface area contributed by atoms with Crippen molar-refractivity contribution in [3.63, 3.8) is 0 Å². The summed E-state index contributed by atoms with van der Waals surface area (Å²) in [5, 5.41) is 11.4. The van der Waals surface area contributed by atoms with Gasteiger partial charge in [-0.05, 0) is 13.3 Å². The molecular weight excluding hydrogens is 294 g/mol. The Balaban J connectivity index is 2.30. The van der Waals surface area contributed by atoms with Crippen LogP contribution in [0.2, 0.25) is 0 Å². The molecule has 1 aromatic heterocycles. The minimum atomic E-state index is -0.274. The first-order valence-corrected chi connectivity index (χ1v) is 7.69. The summed E-state index contributed by atoms with van der Waals surface area (Å²) < 4.78 is 6.40. The molecule has 21 heavy (non-hydrogen) atoms. The quantitative estimate of drug-likeness (QED) is 0.372.